The molecule has 4 nitrogen and oxygen atoms in total. The van der Waals surface area contributed by atoms with Crippen molar-refractivity contribution >= 4 is 22.9 Å². The molecule has 3 rings (SSSR count). The van der Waals surface area contributed by atoms with Gasteiger partial charge in [-0.3, -0.25) is 4.79 Å². The monoisotopic (exact) mass is 656 g/mol. The highest BCUT2D eigenvalue weighted by molar-refractivity contribution is 7.09. The fraction of sp³-hybridized carbons (Fsp3) is 0.556. The van der Waals surface area contributed by atoms with Crippen LogP contribution in [-0.2, 0) is 12.0 Å². The van der Waals surface area contributed by atoms with Crippen LogP contribution in [0.4, 0.5) is 5.69 Å². The number of aryl methyl sites for hydroxylation is 1. The van der Waals surface area contributed by atoms with Gasteiger partial charge >= 0.3 is 0 Å². The van der Waals surface area contributed by atoms with E-state index in [1.807, 2.05) is 36.4 Å². The van der Waals surface area contributed by atoms with E-state index in [9.17, 15) is 4.79 Å². The number of halogens is 1. The predicted octanol–water partition coefficient (Wildman–Crippen LogP) is 7.03. The van der Waals surface area contributed by atoms with Gasteiger partial charge < -0.3 is 27.0 Å². The van der Waals surface area contributed by atoms with Gasteiger partial charge in [0, 0.05) is 16.7 Å². The Balaban J connectivity index is 0.00000616. The average Bonchev–Trinajstić information content (AvgIpc) is 3.35. The SMILES string of the molecule is CCCCCCCCCCCCCCOc1c(NC(=O)c2ccccc2C[n+]2csc(C)c2)cccc1C(C)(C)C.[Br-]. The normalized spacial score (nSPS) is 11.3. The number of hydrogen-bond donors (Lipinski definition) is 1. The first kappa shape index (κ1) is 36.0. The topological polar surface area (TPSA) is 42.2 Å². The Morgan fingerprint density at radius 1 is 0.857 bits per heavy atom. The number of thiazole rings is 1. The van der Waals surface area contributed by atoms with Crippen LogP contribution in [0, 0.1) is 6.92 Å². The maximum absolute atomic E-state index is 13.6. The summed E-state index contributed by atoms with van der Waals surface area (Å²) in [6.07, 6.45) is 18.0. The third kappa shape index (κ3) is 12.2. The molecule has 1 N–H and O–H groups in total. The summed E-state index contributed by atoms with van der Waals surface area (Å²) in [5.41, 5.74) is 5.55. The van der Waals surface area contributed by atoms with Gasteiger partial charge in [0.2, 0.25) is 5.51 Å². The van der Waals surface area contributed by atoms with Gasteiger partial charge in [-0.25, -0.2) is 0 Å². The van der Waals surface area contributed by atoms with Crippen LogP contribution in [0.1, 0.15) is 131 Å². The van der Waals surface area contributed by atoms with Crippen molar-refractivity contribution in [1.82, 2.24) is 0 Å². The molecule has 0 spiro atoms. The number of rotatable bonds is 18. The Kier molecular flexibility index (Phi) is 16.4. The maximum Gasteiger partial charge on any atom is 0.256 e. The molecule has 0 atom stereocenters. The number of nitrogens with one attached hydrogen (secondary N) is 1. The number of aromatic nitrogens is 1. The Bertz CT molecular complexity index is 1200. The molecule has 6 heteroatoms. The first-order chi connectivity index (χ1) is 19.8. The Labute approximate surface area is 270 Å². The summed E-state index contributed by atoms with van der Waals surface area (Å²) in [7, 11) is 0. The lowest BCUT2D eigenvalue weighted by Gasteiger charge is -2.25. The number of unbranched alkanes of at least 4 members (excludes halogenated alkanes) is 11. The van der Waals surface area contributed by atoms with Crippen LogP contribution < -0.4 is 31.6 Å². The van der Waals surface area contributed by atoms with E-state index in [1.54, 1.807) is 11.3 Å². The highest BCUT2D eigenvalue weighted by Gasteiger charge is 2.23. The number of carbonyl (C=O) groups is 1. The number of para-hydroxylation sites is 1. The van der Waals surface area contributed by atoms with Crippen LogP contribution >= 0.6 is 11.3 Å². The quantitative estimate of drug-likeness (QED) is 0.118. The van der Waals surface area contributed by atoms with Crippen molar-refractivity contribution in [3.05, 3.63) is 75.7 Å². The average molecular weight is 658 g/mol. The molecule has 1 amide bonds. The van der Waals surface area contributed by atoms with Crippen molar-refractivity contribution in [3.63, 3.8) is 0 Å². The fourth-order valence-electron chi connectivity index (χ4n) is 5.29. The minimum Gasteiger partial charge on any atom is -1.00 e. The molecule has 1 heterocycles. The molecular weight excluding hydrogens is 604 g/mol. The molecule has 232 valence electrons. The van der Waals surface area contributed by atoms with Crippen molar-refractivity contribution in [2.24, 2.45) is 0 Å². The second kappa shape index (κ2) is 19.2. The standard InChI is InChI=1S/C36H52N2O2S.BrH/c1-6-7-8-9-10-11-12-13-14-15-16-19-25-40-34-32(36(3,4)5)23-20-24-33(34)37-35(39)31-22-18-17-21-30(31)27-38-26-29(2)41-28-38;/h17-18,20-24,26,28H,6-16,19,25,27H2,1-5H3;1H. The zero-order valence-electron chi connectivity index (χ0n) is 26.6. The molecule has 0 saturated heterocycles. The molecule has 0 aliphatic carbocycles. The second-order valence-corrected chi connectivity index (χ2v) is 13.5. The molecule has 2 aromatic carbocycles. The smallest absolute Gasteiger partial charge is 0.256 e. The molecular formula is C36H53BrN2O2S. The van der Waals surface area contributed by atoms with Gasteiger partial charge in [0.25, 0.3) is 5.91 Å². The number of amides is 1. The molecule has 3 aromatic rings. The third-order valence-corrected chi connectivity index (χ3v) is 8.51. The van der Waals surface area contributed by atoms with Crippen LogP contribution in [0.5, 0.6) is 5.75 Å². The number of hydrogen-bond acceptors (Lipinski definition) is 3. The molecule has 42 heavy (non-hydrogen) atoms. The van der Waals surface area contributed by atoms with Gasteiger partial charge in [0.05, 0.1) is 17.2 Å². The Hall–Kier alpha value is -2.18. The minimum atomic E-state index is -0.102. The lowest BCUT2D eigenvalue weighted by atomic mass is 9.86. The largest absolute Gasteiger partial charge is 1.00 e. The molecule has 0 saturated carbocycles. The van der Waals surface area contributed by atoms with Crippen molar-refractivity contribution in [2.45, 2.75) is 124 Å². The van der Waals surface area contributed by atoms with E-state index >= 15 is 0 Å². The first-order valence-corrected chi connectivity index (χ1v) is 16.8. The summed E-state index contributed by atoms with van der Waals surface area (Å²) in [4.78, 5) is 14.8. The van der Waals surface area contributed by atoms with Crippen molar-refractivity contribution in [2.75, 3.05) is 11.9 Å². The summed E-state index contributed by atoms with van der Waals surface area (Å²) in [5, 5.41) is 3.20. The Morgan fingerprint density at radius 2 is 1.48 bits per heavy atom. The summed E-state index contributed by atoms with van der Waals surface area (Å²) in [5.74, 6) is 0.700. The van der Waals surface area contributed by atoms with E-state index < -0.39 is 0 Å². The van der Waals surface area contributed by atoms with Crippen LogP contribution in [0.25, 0.3) is 0 Å². The second-order valence-electron chi connectivity index (χ2n) is 12.4. The van der Waals surface area contributed by atoms with E-state index in [2.05, 4.69) is 62.3 Å². The summed E-state index contributed by atoms with van der Waals surface area (Å²) >= 11 is 1.71. The van der Waals surface area contributed by atoms with Crippen molar-refractivity contribution in [1.29, 1.82) is 0 Å². The van der Waals surface area contributed by atoms with Crippen LogP contribution in [0.15, 0.2) is 54.2 Å². The van der Waals surface area contributed by atoms with E-state index in [4.69, 9.17) is 4.74 Å². The van der Waals surface area contributed by atoms with Crippen molar-refractivity contribution < 1.29 is 31.1 Å². The van der Waals surface area contributed by atoms with Crippen LogP contribution in [0.3, 0.4) is 0 Å². The maximum atomic E-state index is 13.6. The van der Waals surface area contributed by atoms with Gasteiger partial charge in [-0.1, -0.05) is 140 Å². The van der Waals surface area contributed by atoms with E-state index in [0.717, 1.165) is 29.0 Å². The molecule has 0 bridgehead atoms. The summed E-state index contributed by atoms with van der Waals surface area (Å²) < 4.78 is 8.57. The molecule has 0 aliphatic heterocycles. The van der Waals surface area contributed by atoms with Crippen LogP contribution in [-0.4, -0.2) is 12.5 Å². The zero-order chi connectivity index (χ0) is 29.5. The third-order valence-electron chi connectivity index (χ3n) is 7.65. The van der Waals surface area contributed by atoms with Gasteiger partial charge in [-0.2, -0.15) is 4.57 Å². The highest BCUT2D eigenvalue weighted by Crippen LogP contribution is 2.37. The Morgan fingerprint density at radius 3 is 2.07 bits per heavy atom. The molecule has 0 fully saturated rings. The van der Waals surface area contributed by atoms with Gasteiger partial charge in [0.15, 0.2) is 12.7 Å². The summed E-state index contributed by atoms with van der Waals surface area (Å²) in [6, 6.07) is 14.0. The fourth-order valence-corrected chi connectivity index (χ4v) is 5.93. The van der Waals surface area contributed by atoms with Gasteiger partial charge in [-0.15, -0.1) is 0 Å². The zero-order valence-corrected chi connectivity index (χ0v) is 29.0. The molecule has 0 radical (unpaired) electrons. The summed E-state index contributed by atoms with van der Waals surface area (Å²) in [6.45, 7) is 12.3. The predicted molar refractivity (Wildman–Crippen MR) is 174 cm³/mol. The van der Waals surface area contributed by atoms with E-state index in [-0.39, 0.29) is 28.3 Å². The molecule has 1 aromatic heterocycles. The van der Waals surface area contributed by atoms with E-state index in [1.165, 1.54) is 75.5 Å². The molecule has 0 unspecified atom stereocenters. The van der Waals surface area contributed by atoms with Gasteiger partial charge in [0.1, 0.15) is 5.75 Å². The lowest BCUT2D eigenvalue weighted by molar-refractivity contribution is -0.683. The van der Waals surface area contributed by atoms with Crippen molar-refractivity contribution in [3.8, 4) is 5.75 Å². The number of nitrogens with zero attached hydrogens (tertiary/aromatic N) is 1. The van der Waals surface area contributed by atoms with E-state index in [0.29, 0.717) is 18.7 Å². The first-order valence-electron chi connectivity index (χ1n) is 15.9. The van der Waals surface area contributed by atoms with Gasteiger partial charge in [-0.05, 0) is 30.9 Å². The number of ether oxygens (including phenoxy) is 1. The number of carbonyl (C=O) groups excluding carboxylic acids is 1. The number of anilines is 1. The van der Waals surface area contributed by atoms with Crippen LogP contribution in [0.2, 0.25) is 0 Å². The molecule has 0 aliphatic rings. The highest BCUT2D eigenvalue weighted by atomic mass is 79.9. The number of benzene rings is 2. The lowest BCUT2D eigenvalue weighted by Crippen LogP contribution is -3.00. The minimum absolute atomic E-state index is 0.